The molecule has 1 atom stereocenters. The lowest BCUT2D eigenvalue weighted by Gasteiger charge is -2.15. The monoisotopic (exact) mass is 483 g/mol. The fourth-order valence-electron chi connectivity index (χ4n) is 3.81. The van der Waals surface area contributed by atoms with Gasteiger partial charge in [-0.1, -0.05) is 47.5 Å². The average Bonchev–Trinajstić information content (AvgIpc) is 3.16. The number of pyridine rings is 1. The number of benzene rings is 2. The molecule has 0 aliphatic heterocycles. The Morgan fingerprint density at radius 1 is 1.12 bits per heavy atom. The van der Waals surface area contributed by atoms with Gasteiger partial charge in [0.05, 0.1) is 26.8 Å². The van der Waals surface area contributed by atoms with E-state index in [-0.39, 0.29) is 0 Å². The molecule has 4 rings (SSSR count). The van der Waals surface area contributed by atoms with Crippen molar-refractivity contribution in [3.63, 3.8) is 0 Å². The molecule has 2 aromatic carbocycles. The van der Waals surface area contributed by atoms with Crippen molar-refractivity contribution in [1.29, 1.82) is 0 Å². The number of amides is 3. The highest BCUT2D eigenvalue weighted by Gasteiger charge is 2.29. The third kappa shape index (κ3) is 4.69. The molecule has 3 N–H and O–H groups in total. The van der Waals surface area contributed by atoms with Crippen molar-refractivity contribution in [2.24, 2.45) is 5.73 Å². The van der Waals surface area contributed by atoms with E-state index >= 15 is 0 Å². The number of para-hydroxylation sites is 1. The number of primary amides is 1. The minimum absolute atomic E-state index is 0.354. The molecule has 9 heteroatoms. The maximum Gasteiger partial charge on any atom is 0.339 e. The van der Waals surface area contributed by atoms with Crippen LogP contribution in [0.4, 0.5) is 4.79 Å². The number of aromatic nitrogens is 1. The molecule has 0 fully saturated rings. The second-order valence-electron chi connectivity index (χ2n) is 7.58. The van der Waals surface area contributed by atoms with Crippen LogP contribution in [0.2, 0.25) is 10.0 Å². The summed E-state index contributed by atoms with van der Waals surface area (Å²) in [7, 11) is 0. The summed E-state index contributed by atoms with van der Waals surface area (Å²) in [6.45, 7) is 1.37. The number of fused-ring (bicyclic) bond motifs is 2. The number of hydrogen-bond acceptors (Lipinski definition) is 5. The standard InChI is InChI=1S/C24H19Cl2N3O4/c1-12(22(30)29-24(27)32)33-23(31)20-15-4-2-3-5-19(15)28-21-14(7-8-16(20)21)10-13-6-9-17(25)18(26)11-13/h2-6,9-12H,7-8H2,1H3,(H3,27,29,30,32). The van der Waals surface area contributed by atoms with Gasteiger partial charge in [0.25, 0.3) is 5.91 Å². The number of halogens is 2. The second kappa shape index (κ2) is 9.21. The Kier molecular flexibility index (Phi) is 6.35. The molecular weight excluding hydrogens is 465 g/mol. The number of carbonyl (C=O) groups is 3. The Balaban J connectivity index is 1.76. The summed E-state index contributed by atoms with van der Waals surface area (Å²) >= 11 is 12.2. The number of imide groups is 1. The van der Waals surface area contributed by atoms with Crippen LogP contribution in [0.1, 0.15) is 40.5 Å². The molecule has 3 amide bonds. The van der Waals surface area contributed by atoms with Gasteiger partial charge in [0.1, 0.15) is 0 Å². The molecular formula is C24H19Cl2N3O4. The average molecular weight is 484 g/mol. The molecule has 1 aromatic heterocycles. The number of allylic oxidation sites excluding steroid dienone is 1. The van der Waals surface area contributed by atoms with Crippen LogP contribution in [-0.2, 0) is 16.0 Å². The lowest BCUT2D eigenvalue weighted by atomic mass is 10.0. The van der Waals surface area contributed by atoms with Gasteiger partial charge in [-0.05, 0) is 60.7 Å². The Bertz CT molecular complexity index is 1340. The van der Waals surface area contributed by atoms with Crippen LogP contribution in [0.25, 0.3) is 22.6 Å². The number of nitrogens with one attached hydrogen (secondary N) is 1. The van der Waals surface area contributed by atoms with Crippen LogP contribution < -0.4 is 11.1 Å². The highest BCUT2D eigenvalue weighted by atomic mass is 35.5. The topological polar surface area (TPSA) is 111 Å². The molecule has 0 bridgehead atoms. The number of nitrogens with zero attached hydrogens (tertiary/aromatic N) is 1. The van der Waals surface area contributed by atoms with Crippen molar-refractivity contribution < 1.29 is 19.1 Å². The Hall–Kier alpha value is -3.42. The van der Waals surface area contributed by atoms with Crippen LogP contribution in [0.3, 0.4) is 0 Å². The van der Waals surface area contributed by atoms with E-state index in [1.54, 1.807) is 24.3 Å². The fourth-order valence-corrected chi connectivity index (χ4v) is 4.12. The number of hydrogen-bond donors (Lipinski definition) is 2. The van der Waals surface area contributed by atoms with Crippen molar-refractivity contribution in [2.45, 2.75) is 25.9 Å². The molecule has 33 heavy (non-hydrogen) atoms. The van der Waals surface area contributed by atoms with Gasteiger partial charge in [-0.25, -0.2) is 14.6 Å². The first-order valence-corrected chi connectivity index (χ1v) is 10.9. The minimum Gasteiger partial charge on any atom is -0.449 e. The van der Waals surface area contributed by atoms with E-state index in [4.69, 9.17) is 38.7 Å². The third-order valence-corrected chi connectivity index (χ3v) is 6.07. The summed E-state index contributed by atoms with van der Waals surface area (Å²) < 4.78 is 5.38. The highest BCUT2D eigenvalue weighted by molar-refractivity contribution is 6.42. The summed E-state index contributed by atoms with van der Waals surface area (Å²) in [6, 6.07) is 11.6. The van der Waals surface area contributed by atoms with E-state index in [1.807, 2.05) is 29.6 Å². The number of esters is 1. The molecule has 0 radical (unpaired) electrons. The maximum absolute atomic E-state index is 13.2. The van der Waals surface area contributed by atoms with Crippen LogP contribution in [0.5, 0.6) is 0 Å². The first-order chi connectivity index (χ1) is 15.7. The van der Waals surface area contributed by atoms with Gasteiger partial charge >= 0.3 is 12.0 Å². The summed E-state index contributed by atoms with van der Waals surface area (Å²) in [4.78, 5) is 40.9. The van der Waals surface area contributed by atoms with E-state index in [2.05, 4.69) is 0 Å². The summed E-state index contributed by atoms with van der Waals surface area (Å²) in [5.41, 5.74) is 9.20. The quantitative estimate of drug-likeness (QED) is 0.519. The number of nitrogens with two attached hydrogens (primary N) is 1. The number of carbonyl (C=O) groups excluding carboxylic acids is 3. The molecule has 1 heterocycles. The zero-order valence-corrected chi connectivity index (χ0v) is 19.0. The van der Waals surface area contributed by atoms with E-state index in [0.29, 0.717) is 45.0 Å². The van der Waals surface area contributed by atoms with E-state index in [1.165, 1.54) is 6.92 Å². The third-order valence-electron chi connectivity index (χ3n) is 5.33. The number of ether oxygens (including phenoxy) is 1. The van der Waals surface area contributed by atoms with Gasteiger partial charge in [-0.3, -0.25) is 10.1 Å². The van der Waals surface area contributed by atoms with Gasteiger partial charge in [0.15, 0.2) is 6.10 Å². The van der Waals surface area contributed by atoms with Crippen LogP contribution in [0, 0.1) is 0 Å². The van der Waals surface area contributed by atoms with E-state index < -0.39 is 24.0 Å². The zero-order valence-electron chi connectivity index (χ0n) is 17.5. The Morgan fingerprint density at radius 3 is 2.61 bits per heavy atom. The Labute approximate surface area is 199 Å². The number of urea groups is 1. The van der Waals surface area contributed by atoms with E-state index in [9.17, 15) is 14.4 Å². The van der Waals surface area contributed by atoms with Crippen LogP contribution in [0.15, 0.2) is 42.5 Å². The first kappa shape index (κ1) is 22.8. The van der Waals surface area contributed by atoms with Crippen molar-refractivity contribution in [3.8, 4) is 0 Å². The predicted molar refractivity (Wildman–Crippen MR) is 127 cm³/mol. The Morgan fingerprint density at radius 2 is 1.88 bits per heavy atom. The molecule has 0 saturated heterocycles. The largest absolute Gasteiger partial charge is 0.449 e. The zero-order chi connectivity index (χ0) is 23.7. The molecule has 168 valence electrons. The molecule has 0 saturated carbocycles. The van der Waals surface area contributed by atoms with Gasteiger partial charge < -0.3 is 10.5 Å². The fraction of sp³-hybridized carbons (Fsp3) is 0.167. The lowest BCUT2D eigenvalue weighted by molar-refractivity contribution is -0.127. The van der Waals surface area contributed by atoms with E-state index in [0.717, 1.165) is 16.7 Å². The van der Waals surface area contributed by atoms with Crippen LogP contribution >= 0.6 is 23.2 Å². The molecule has 1 unspecified atom stereocenters. The number of rotatable bonds is 4. The van der Waals surface area contributed by atoms with Gasteiger partial charge in [0, 0.05) is 5.39 Å². The highest BCUT2D eigenvalue weighted by Crippen LogP contribution is 2.38. The van der Waals surface area contributed by atoms with Crippen molar-refractivity contribution in [1.82, 2.24) is 10.3 Å². The molecule has 0 spiro atoms. The molecule has 1 aliphatic rings. The summed E-state index contributed by atoms with van der Waals surface area (Å²) in [6.07, 6.45) is 2.00. The minimum atomic E-state index is -1.21. The molecule has 3 aromatic rings. The van der Waals surface area contributed by atoms with Gasteiger partial charge in [0.2, 0.25) is 0 Å². The van der Waals surface area contributed by atoms with Gasteiger partial charge in [-0.15, -0.1) is 0 Å². The van der Waals surface area contributed by atoms with Crippen molar-refractivity contribution in [3.05, 3.63) is 74.9 Å². The summed E-state index contributed by atoms with van der Waals surface area (Å²) in [5.74, 6) is -1.47. The van der Waals surface area contributed by atoms with Gasteiger partial charge in [-0.2, -0.15) is 0 Å². The maximum atomic E-state index is 13.2. The smallest absolute Gasteiger partial charge is 0.339 e. The summed E-state index contributed by atoms with van der Waals surface area (Å²) in [5, 5.41) is 3.45. The predicted octanol–water partition coefficient (Wildman–Crippen LogP) is 4.77. The first-order valence-electron chi connectivity index (χ1n) is 10.1. The van der Waals surface area contributed by atoms with Crippen LogP contribution in [-0.4, -0.2) is 29.0 Å². The molecule has 1 aliphatic carbocycles. The van der Waals surface area contributed by atoms with Crippen molar-refractivity contribution >= 4 is 63.7 Å². The van der Waals surface area contributed by atoms with Crippen molar-refractivity contribution in [2.75, 3.05) is 0 Å². The SMILES string of the molecule is CC(OC(=O)c1c2c(nc3ccccc13)C(=Cc1ccc(Cl)c(Cl)c1)CC2)C(=O)NC(N)=O. The second-order valence-corrected chi connectivity index (χ2v) is 8.39. The molecule has 7 nitrogen and oxygen atoms in total. The normalized spacial score (nSPS) is 14.7. The lowest BCUT2D eigenvalue weighted by Crippen LogP contribution is -2.42.